The third-order valence-corrected chi connectivity index (χ3v) is 4.15. The van der Waals surface area contributed by atoms with E-state index >= 15 is 0 Å². The molecule has 2 aromatic carbocycles. The number of carboxylic acid groups (broad SMARTS) is 1. The van der Waals surface area contributed by atoms with Crippen LogP contribution < -0.4 is 10.1 Å². The van der Waals surface area contributed by atoms with Gasteiger partial charge in [0.1, 0.15) is 6.04 Å². The number of nitrogens with one attached hydrogen (secondary N) is 1. The third-order valence-electron chi connectivity index (χ3n) is 3.89. The van der Waals surface area contributed by atoms with Crippen molar-refractivity contribution in [1.82, 2.24) is 4.98 Å². The van der Waals surface area contributed by atoms with Gasteiger partial charge in [-0.05, 0) is 35.9 Å². The summed E-state index contributed by atoms with van der Waals surface area (Å²) in [5.41, 5.74) is 2.32. The second kappa shape index (κ2) is 7.40. The molecule has 1 atom stereocenters. The number of nitrogens with zero attached hydrogens (tertiary/aromatic N) is 1. The van der Waals surface area contributed by atoms with Crippen LogP contribution in [-0.2, 0) is 11.2 Å². The summed E-state index contributed by atoms with van der Waals surface area (Å²) < 4.78 is 5.24. The van der Waals surface area contributed by atoms with Crippen LogP contribution in [0.3, 0.4) is 0 Å². The van der Waals surface area contributed by atoms with Gasteiger partial charge in [0.2, 0.25) is 5.88 Å². The molecule has 1 unspecified atom stereocenters. The minimum Gasteiger partial charge on any atom is -0.481 e. The molecule has 1 aromatic heterocycles. The second-order valence-corrected chi connectivity index (χ2v) is 6.02. The number of fused-ring (bicyclic) bond motifs is 1. The molecular formula is C19H17ClN2O3. The molecule has 0 bridgehead atoms. The molecule has 128 valence electrons. The highest BCUT2D eigenvalue weighted by atomic mass is 35.5. The SMILES string of the molecule is COc1cc(CC(Nc2ccc(Cl)cc2)C(=O)O)c2ccccc2n1. The Hall–Kier alpha value is -2.79. The Morgan fingerprint density at radius 3 is 2.64 bits per heavy atom. The number of aromatic nitrogens is 1. The Bertz CT molecular complexity index is 897. The zero-order valence-electron chi connectivity index (χ0n) is 13.6. The lowest BCUT2D eigenvalue weighted by atomic mass is 10.0. The Kier molecular flexibility index (Phi) is 5.05. The minimum absolute atomic E-state index is 0.289. The number of ether oxygens (including phenoxy) is 1. The predicted octanol–water partition coefficient (Wildman–Crippen LogP) is 4.00. The van der Waals surface area contributed by atoms with E-state index in [1.54, 1.807) is 37.4 Å². The van der Waals surface area contributed by atoms with Crippen molar-refractivity contribution in [2.75, 3.05) is 12.4 Å². The van der Waals surface area contributed by atoms with Gasteiger partial charge in [-0.25, -0.2) is 9.78 Å². The van der Waals surface area contributed by atoms with Gasteiger partial charge in [0.05, 0.1) is 12.6 Å². The van der Waals surface area contributed by atoms with Gasteiger partial charge in [-0.3, -0.25) is 0 Å². The maximum Gasteiger partial charge on any atom is 0.326 e. The van der Waals surface area contributed by atoms with Gasteiger partial charge in [-0.15, -0.1) is 0 Å². The van der Waals surface area contributed by atoms with Crippen LogP contribution in [-0.4, -0.2) is 29.2 Å². The summed E-state index contributed by atoms with van der Waals surface area (Å²) in [5, 5.41) is 14.2. The number of benzene rings is 2. The molecule has 0 aliphatic rings. The topological polar surface area (TPSA) is 71.5 Å². The Morgan fingerprint density at radius 1 is 1.24 bits per heavy atom. The van der Waals surface area contributed by atoms with E-state index in [1.807, 2.05) is 24.3 Å². The van der Waals surface area contributed by atoms with Crippen LogP contribution in [0, 0.1) is 0 Å². The van der Waals surface area contributed by atoms with Crippen LogP contribution in [0.15, 0.2) is 54.6 Å². The number of rotatable bonds is 6. The summed E-state index contributed by atoms with van der Waals surface area (Å²) in [6, 6.07) is 15.5. The lowest BCUT2D eigenvalue weighted by Crippen LogP contribution is -2.31. The summed E-state index contributed by atoms with van der Waals surface area (Å²) in [6.45, 7) is 0. The molecule has 5 nitrogen and oxygen atoms in total. The first-order valence-electron chi connectivity index (χ1n) is 7.74. The molecule has 0 aliphatic heterocycles. The predicted molar refractivity (Wildman–Crippen MR) is 98.5 cm³/mol. The lowest BCUT2D eigenvalue weighted by molar-refractivity contribution is -0.137. The number of para-hydroxylation sites is 1. The maximum atomic E-state index is 11.7. The van der Waals surface area contributed by atoms with Gasteiger partial charge in [-0.2, -0.15) is 0 Å². The molecule has 2 N–H and O–H groups in total. The summed E-state index contributed by atoms with van der Waals surface area (Å²) in [7, 11) is 1.54. The molecule has 0 radical (unpaired) electrons. The zero-order chi connectivity index (χ0) is 17.8. The first-order chi connectivity index (χ1) is 12.1. The van der Waals surface area contributed by atoms with Crippen LogP contribution in [0.5, 0.6) is 5.88 Å². The highest BCUT2D eigenvalue weighted by Crippen LogP contribution is 2.24. The van der Waals surface area contributed by atoms with E-state index in [2.05, 4.69) is 10.3 Å². The van der Waals surface area contributed by atoms with Crippen LogP contribution >= 0.6 is 11.6 Å². The van der Waals surface area contributed by atoms with Crippen molar-refractivity contribution in [2.45, 2.75) is 12.5 Å². The third kappa shape index (κ3) is 4.00. The van der Waals surface area contributed by atoms with Gasteiger partial charge in [0.15, 0.2) is 0 Å². The summed E-state index contributed by atoms with van der Waals surface area (Å²) >= 11 is 5.87. The van der Waals surface area contributed by atoms with Crippen molar-refractivity contribution in [1.29, 1.82) is 0 Å². The summed E-state index contributed by atoms with van der Waals surface area (Å²) in [4.78, 5) is 16.1. The van der Waals surface area contributed by atoms with Gasteiger partial charge in [0, 0.05) is 28.6 Å². The van der Waals surface area contributed by atoms with Crippen molar-refractivity contribution in [3.63, 3.8) is 0 Å². The van der Waals surface area contributed by atoms with E-state index in [0.717, 1.165) is 16.5 Å². The molecule has 1 heterocycles. The fourth-order valence-corrected chi connectivity index (χ4v) is 2.79. The summed E-state index contributed by atoms with van der Waals surface area (Å²) in [5.74, 6) is -0.473. The largest absolute Gasteiger partial charge is 0.481 e. The molecule has 0 aliphatic carbocycles. The molecule has 6 heteroatoms. The summed E-state index contributed by atoms with van der Waals surface area (Å²) in [6.07, 6.45) is 0.289. The van der Waals surface area contributed by atoms with Crippen molar-refractivity contribution < 1.29 is 14.6 Å². The average Bonchev–Trinajstić information content (AvgIpc) is 2.62. The first-order valence-corrected chi connectivity index (χ1v) is 8.12. The Balaban J connectivity index is 1.93. The van der Waals surface area contributed by atoms with E-state index in [-0.39, 0.29) is 6.42 Å². The number of anilines is 1. The van der Waals surface area contributed by atoms with E-state index in [9.17, 15) is 9.90 Å². The number of carboxylic acids is 1. The Morgan fingerprint density at radius 2 is 1.96 bits per heavy atom. The lowest BCUT2D eigenvalue weighted by Gasteiger charge is -2.17. The Labute approximate surface area is 150 Å². The van der Waals surface area contributed by atoms with Crippen molar-refractivity contribution >= 4 is 34.2 Å². The van der Waals surface area contributed by atoms with E-state index in [0.29, 0.717) is 16.6 Å². The normalized spacial score (nSPS) is 11.9. The molecule has 25 heavy (non-hydrogen) atoms. The number of halogens is 1. The number of hydrogen-bond acceptors (Lipinski definition) is 4. The minimum atomic E-state index is -0.935. The average molecular weight is 357 g/mol. The molecule has 3 aromatic rings. The molecule has 0 fully saturated rings. The van der Waals surface area contributed by atoms with Crippen molar-refractivity contribution in [3.05, 3.63) is 65.2 Å². The molecular weight excluding hydrogens is 340 g/mol. The maximum absolute atomic E-state index is 11.7. The zero-order valence-corrected chi connectivity index (χ0v) is 14.3. The smallest absolute Gasteiger partial charge is 0.326 e. The van der Waals surface area contributed by atoms with E-state index in [4.69, 9.17) is 16.3 Å². The number of methoxy groups -OCH3 is 1. The number of carbonyl (C=O) groups is 1. The van der Waals surface area contributed by atoms with Gasteiger partial charge < -0.3 is 15.2 Å². The number of aliphatic carboxylic acids is 1. The highest BCUT2D eigenvalue weighted by molar-refractivity contribution is 6.30. The second-order valence-electron chi connectivity index (χ2n) is 5.59. The van der Waals surface area contributed by atoms with Gasteiger partial charge in [-0.1, -0.05) is 29.8 Å². The van der Waals surface area contributed by atoms with Crippen LogP contribution in [0.1, 0.15) is 5.56 Å². The van der Waals surface area contributed by atoms with E-state index < -0.39 is 12.0 Å². The fraction of sp³-hybridized carbons (Fsp3) is 0.158. The fourth-order valence-electron chi connectivity index (χ4n) is 2.66. The molecule has 3 rings (SSSR count). The van der Waals surface area contributed by atoms with Crippen molar-refractivity contribution in [3.8, 4) is 5.88 Å². The van der Waals surface area contributed by atoms with Crippen LogP contribution in [0.25, 0.3) is 10.9 Å². The van der Waals surface area contributed by atoms with Crippen LogP contribution in [0.2, 0.25) is 5.02 Å². The number of hydrogen-bond donors (Lipinski definition) is 2. The molecule has 0 amide bonds. The van der Waals surface area contributed by atoms with Crippen molar-refractivity contribution in [2.24, 2.45) is 0 Å². The first kappa shape index (κ1) is 17.0. The van der Waals surface area contributed by atoms with Crippen LogP contribution in [0.4, 0.5) is 5.69 Å². The highest BCUT2D eigenvalue weighted by Gasteiger charge is 2.20. The quantitative estimate of drug-likeness (QED) is 0.698. The van der Waals surface area contributed by atoms with Gasteiger partial charge >= 0.3 is 5.97 Å². The van der Waals surface area contributed by atoms with E-state index in [1.165, 1.54) is 0 Å². The molecule has 0 saturated heterocycles. The van der Waals surface area contributed by atoms with Gasteiger partial charge in [0.25, 0.3) is 0 Å². The number of pyridine rings is 1. The monoisotopic (exact) mass is 356 g/mol. The molecule has 0 saturated carbocycles. The standard InChI is InChI=1S/C19H17ClN2O3/c1-25-18-11-12(15-4-2-3-5-16(15)22-18)10-17(19(23)24)21-14-8-6-13(20)7-9-14/h2-9,11,17,21H,10H2,1H3,(H,23,24). The molecule has 0 spiro atoms.